The summed E-state index contributed by atoms with van der Waals surface area (Å²) in [7, 11) is 1.47. The summed E-state index contributed by atoms with van der Waals surface area (Å²) in [5, 5.41) is 22.3. The van der Waals surface area contributed by atoms with Crippen molar-refractivity contribution in [2.45, 2.75) is 6.04 Å². The third-order valence-corrected chi connectivity index (χ3v) is 3.97. The highest BCUT2D eigenvalue weighted by molar-refractivity contribution is 9.10. The van der Waals surface area contributed by atoms with Gasteiger partial charge in [0.15, 0.2) is 11.5 Å². The summed E-state index contributed by atoms with van der Waals surface area (Å²) in [5.41, 5.74) is 1.51. The van der Waals surface area contributed by atoms with Gasteiger partial charge in [-0.2, -0.15) is 5.26 Å². The lowest BCUT2D eigenvalue weighted by atomic mass is 10.1. The summed E-state index contributed by atoms with van der Waals surface area (Å²) in [5.74, 6) is 0.330. The van der Waals surface area contributed by atoms with E-state index in [4.69, 9.17) is 4.74 Å². The second kappa shape index (κ2) is 6.83. The van der Waals surface area contributed by atoms with Crippen LogP contribution in [0.2, 0.25) is 0 Å². The van der Waals surface area contributed by atoms with E-state index < -0.39 is 6.04 Å². The predicted octanol–water partition coefficient (Wildman–Crippen LogP) is 4.60. The smallest absolute Gasteiger partial charge is 0.172 e. The van der Waals surface area contributed by atoms with Crippen molar-refractivity contribution in [2.24, 2.45) is 0 Å². The van der Waals surface area contributed by atoms with E-state index >= 15 is 0 Å². The van der Waals surface area contributed by atoms with Crippen molar-refractivity contribution in [3.63, 3.8) is 0 Å². The zero-order valence-electron chi connectivity index (χ0n) is 11.1. The van der Waals surface area contributed by atoms with Gasteiger partial charge in [-0.25, -0.2) is 0 Å². The van der Waals surface area contributed by atoms with Gasteiger partial charge in [0, 0.05) is 10.2 Å². The maximum Gasteiger partial charge on any atom is 0.172 e. The number of phenolic OH excluding ortho intramolecular Hbond substituents is 1. The first-order chi connectivity index (χ1) is 10.0. The van der Waals surface area contributed by atoms with E-state index in [2.05, 4.69) is 43.2 Å². The van der Waals surface area contributed by atoms with Crippen molar-refractivity contribution in [1.82, 2.24) is 0 Å². The van der Waals surface area contributed by atoms with Crippen LogP contribution in [-0.2, 0) is 0 Å². The number of ether oxygens (including phenoxy) is 1. The van der Waals surface area contributed by atoms with E-state index in [1.807, 2.05) is 24.3 Å². The average Bonchev–Trinajstić information content (AvgIpc) is 2.47. The minimum Gasteiger partial charge on any atom is -0.503 e. The molecule has 0 aliphatic rings. The van der Waals surface area contributed by atoms with Crippen molar-refractivity contribution in [1.29, 1.82) is 5.26 Å². The van der Waals surface area contributed by atoms with Crippen molar-refractivity contribution in [3.05, 3.63) is 50.9 Å². The molecule has 0 spiro atoms. The molecule has 2 rings (SSSR count). The van der Waals surface area contributed by atoms with Gasteiger partial charge in [0.2, 0.25) is 0 Å². The largest absolute Gasteiger partial charge is 0.503 e. The fourth-order valence-electron chi connectivity index (χ4n) is 1.85. The van der Waals surface area contributed by atoms with Gasteiger partial charge < -0.3 is 15.2 Å². The van der Waals surface area contributed by atoms with E-state index in [0.29, 0.717) is 15.8 Å². The molecule has 21 heavy (non-hydrogen) atoms. The molecule has 4 nitrogen and oxygen atoms in total. The number of hydrogen-bond acceptors (Lipinski definition) is 4. The molecule has 0 amide bonds. The van der Waals surface area contributed by atoms with Gasteiger partial charge in [0.05, 0.1) is 17.7 Å². The first-order valence-corrected chi connectivity index (χ1v) is 7.62. The molecule has 0 fully saturated rings. The zero-order valence-corrected chi connectivity index (χ0v) is 14.3. The lowest BCUT2D eigenvalue weighted by molar-refractivity contribution is 0.371. The zero-order chi connectivity index (χ0) is 15.4. The van der Waals surface area contributed by atoms with Gasteiger partial charge in [-0.1, -0.05) is 22.0 Å². The number of methoxy groups -OCH3 is 1. The van der Waals surface area contributed by atoms with Crippen LogP contribution in [0, 0.1) is 11.3 Å². The van der Waals surface area contributed by atoms with Crippen molar-refractivity contribution in [3.8, 4) is 17.6 Å². The molecule has 2 N–H and O–H groups in total. The van der Waals surface area contributed by atoms with Gasteiger partial charge in [0.1, 0.15) is 6.04 Å². The van der Waals surface area contributed by atoms with E-state index in [-0.39, 0.29) is 5.75 Å². The summed E-state index contributed by atoms with van der Waals surface area (Å²) in [4.78, 5) is 0. The molecule has 2 aromatic rings. The highest BCUT2D eigenvalue weighted by Gasteiger charge is 2.16. The Hall–Kier alpha value is -1.71. The molecule has 0 saturated heterocycles. The van der Waals surface area contributed by atoms with Crippen molar-refractivity contribution >= 4 is 37.5 Å². The lowest BCUT2D eigenvalue weighted by Crippen LogP contribution is -2.08. The quantitative estimate of drug-likeness (QED) is 0.771. The average molecular weight is 412 g/mol. The Bertz CT molecular complexity index is 699. The van der Waals surface area contributed by atoms with E-state index in [9.17, 15) is 10.4 Å². The second-order valence-electron chi connectivity index (χ2n) is 4.27. The highest BCUT2D eigenvalue weighted by atomic mass is 79.9. The standard InChI is InChI=1S/C15H12Br2N2O2/c1-21-14-6-9(5-12(17)15(14)20)13(8-18)19-11-4-2-3-10(16)7-11/h2-7,13,19-20H,1H3. The minimum absolute atomic E-state index is 0.0143. The summed E-state index contributed by atoms with van der Waals surface area (Å²) in [6.07, 6.45) is 0. The van der Waals surface area contributed by atoms with Crippen molar-refractivity contribution in [2.75, 3.05) is 12.4 Å². The molecule has 1 atom stereocenters. The van der Waals surface area contributed by atoms with Crippen molar-refractivity contribution < 1.29 is 9.84 Å². The Balaban J connectivity index is 2.34. The number of nitrogens with one attached hydrogen (secondary N) is 1. The van der Waals surface area contributed by atoms with Gasteiger partial charge in [-0.05, 0) is 51.8 Å². The molecular weight excluding hydrogens is 400 g/mol. The molecule has 1 unspecified atom stereocenters. The number of hydrogen-bond donors (Lipinski definition) is 2. The highest BCUT2D eigenvalue weighted by Crippen LogP contribution is 2.37. The van der Waals surface area contributed by atoms with Crippen LogP contribution >= 0.6 is 31.9 Å². The number of phenols is 1. The molecule has 6 heteroatoms. The number of nitrogens with zero attached hydrogens (tertiary/aromatic N) is 1. The first kappa shape index (κ1) is 15.7. The molecule has 0 aliphatic carbocycles. The number of rotatable bonds is 4. The van der Waals surface area contributed by atoms with Crippen LogP contribution in [0.5, 0.6) is 11.5 Å². The van der Waals surface area contributed by atoms with Crippen LogP contribution in [0.15, 0.2) is 45.3 Å². The van der Waals surface area contributed by atoms with Crippen LogP contribution < -0.4 is 10.1 Å². The number of benzene rings is 2. The first-order valence-electron chi connectivity index (χ1n) is 6.03. The van der Waals surface area contributed by atoms with E-state index in [1.165, 1.54) is 7.11 Å². The molecule has 0 saturated carbocycles. The second-order valence-corrected chi connectivity index (χ2v) is 6.04. The lowest BCUT2D eigenvalue weighted by Gasteiger charge is -2.16. The molecule has 108 valence electrons. The normalized spacial score (nSPS) is 11.5. The topological polar surface area (TPSA) is 65.3 Å². The SMILES string of the molecule is COc1cc(C(C#N)Nc2cccc(Br)c2)cc(Br)c1O. The molecule has 0 heterocycles. The molecule has 0 aliphatic heterocycles. The third kappa shape index (κ3) is 3.69. The van der Waals surface area contributed by atoms with Crippen LogP contribution in [0.4, 0.5) is 5.69 Å². The van der Waals surface area contributed by atoms with Crippen LogP contribution in [-0.4, -0.2) is 12.2 Å². The summed E-state index contributed by atoms with van der Waals surface area (Å²) in [6, 6.07) is 12.5. The molecular formula is C15H12Br2N2O2. The number of halogens is 2. The molecule has 2 aromatic carbocycles. The predicted molar refractivity (Wildman–Crippen MR) is 88.5 cm³/mol. The third-order valence-electron chi connectivity index (χ3n) is 2.87. The minimum atomic E-state index is -0.565. The number of nitriles is 1. The summed E-state index contributed by atoms with van der Waals surface area (Å²) >= 11 is 6.65. The fourth-order valence-corrected chi connectivity index (χ4v) is 2.71. The number of anilines is 1. The van der Waals surface area contributed by atoms with Crippen LogP contribution in [0.3, 0.4) is 0 Å². The maximum atomic E-state index is 9.82. The van der Waals surface area contributed by atoms with Gasteiger partial charge in [0.25, 0.3) is 0 Å². The van der Waals surface area contributed by atoms with E-state index in [1.54, 1.807) is 12.1 Å². The van der Waals surface area contributed by atoms with Crippen LogP contribution in [0.1, 0.15) is 11.6 Å². The van der Waals surface area contributed by atoms with Gasteiger partial charge in [-0.3, -0.25) is 0 Å². The maximum absolute atomic E-state index is 9.82. The van der Waals surface area contributed by atoms with Gasteiger partial charge in [-0.15, -0.1) is 0 Å². The Morgan fingerprint density at radius 1 is 1.29 bits per heavy atom. The summed E-state index contributed by atoms with van der Waals surface area (Å²) < 4.78 is 6.51. The Labute approximate surface area is 139 Å². The van der Waals surface area contributed by atoms with Crippen LogP contribution in [0.25, 0.3) is 0 Å². The molecule has 0 radical (unpaired) electrons. The molecule has 0 bridgehead atoms. The van der Waals surface area contributed by atoms with Gasteiger partial charge >= 0.3 is 0 Å². The Morgan fingerprint density at radius 2 is 2.05 bits per heavy atom. The number of aromatic hydroxyl groups is 1. The van der Waals surface area contributed by atoms with E-state index in [0.717, 1.165) is 10.2 Å². The Kier molecular flexibility index (Phi) is 5.10. The Morgan fingerprint density at radius 3 is 2.67 bits per heavy atom. The fraction of sp³-hybridized carbons (Fsp3) is 0.133. The molecule has 0 aromatic heterocycles. The summed E-state index contributed by atoms with van der Waals surface area (Å²) in [6.45, 7) is 0. The monoisotopic (exact) mass is 410 g/mol.